The zero-order valence-electron chi connectivity index (χ0n) is 4.79. The van der Waals surface area contributed by atoms with Gasteiger partial charge in [-0.2, -0.15) is 0 Å². The van der Waals surface area contributed by atoms with Crippen LogP contribution in [0.5, 0.6) is 0 Å². The Labute approximate surface area is 50.7 Å². The summed E-state index contributed by atoms with van der Waals surface area (Å²) in [5.74, 6) is -2.35. The van der Waals surface area contributed by atoms with Crippen LogP contribution in [0.4, 0.5) is 13.2 Å². The summed E-state index contributed by atoms with van der Waals surface area (Å²) in [6, 6.07) is 0. The van der Waals surface area contributed by atoms with Crippen molar-refractivity contribution in [3.63, 3.8) is 0 Å². The molecule has 0 aromatic rings. The van der Waals surface area contributed by atoms with Gasteiger partial charge < -0.3 is 0 Å². The molecule has 0 fully saturated rings. The third kappa shape index (κ3) is 0.866. The molecule has 1 aliphatic carbocycles. The van der Waals surface area contributed by atoms with Gasteiger partial charge >= 0.3 is 0 Å². The predicted molar refractivity (Wildman–Crippen MR) is 27.9 cm³/mol. The molecular weight excluding hydrogens is 129 g/mol. The van der Waals surface area contributed by atoms with Crippen LogP contribution in [-0.2, 0) is 0 Å². The van der Waals surface area contributed by atoms with Crippen LogP contribution in [0.3, 0.4) is 0 Å². The molecular formula is C6H5F3. The quantitative estimate of drug-likeness (QED) is 0.477. The summed E-state index contributed by atoms with van der Waals surface area (Å²) in [5, 5.41) is 0. The number of alkyl halides is 1. The van der Waals surface area contributed by atoms with Crippen molar-refractivity contribution >= 4 is 0 Å². The number of rotatable bonds is 0. The largest absolute Gasteiger partial charge is 0.235 e. The van der Waals surface area contributed by atoms with Crippen molar-refractivity contribution in [2.45, 2.75) is 13.1 Å². The third-order valence-electron chi connectivity index (χ3n) is 1.19. The Morgan fingerprint density at radius 3 is 2.11 bits per heavy atom. The summed E-state index contributed by atoms with van der Waals surface area (Å²) < 4.78 is 36.3. The maximum atomic E-state index is 12.2. The van der Waals surface area contributed by atoms with Crippen LogP contribution in [0.1, 0.15) is 6.92 Å². The number of allylic oxidation sites excluding steroid dienone is 4. The molecule has 3 heteroatoms. The fourth-order valence-electron chi connectivity index (χ4n) is 0.675. The summed E-state index contributed by atoms with van der Waals surface area (Å²) in [6.45, 7) is 1.33. The fraction of sp³-hybridized carbons (Fsp3) is 0.333. The van der Waals surface area contributed by atoms with E-state index in [1.54, 1.807) is 0 Å². The van der Waals surface area contributed by atoms with Crippen molar-refractivity contribution in [2.75, 3.05) is 0 Å². The van der Waals surface area contributed by atoms with Gasteiger partial charge in [0.1, 0.15) is 0 Å². The van der Waals surface area contributed by atoms with Gasteiger partial charge in [0, 0.05) is 0 Å². The van der Waals surface area contributed by atoms with Crippen LogP contribution < -0.4 is 0 Å². The molecule has 0 N–H and O–H groups in total. The van der Waals surface area contributed by atoms with Gasteiger partial charge in [-0.1, -0.05) is 0 Å². The van der Waals surface area contributed by atoms with Crippen LogP contribution >= 0.6 is 0 Å². The SMILES string of the molecule is CC1=CC(F)C(F)=C1F. The van der Waals surface area contributed by atoms with E-state index >= 15 is 0 Å². The molecule has 0 radical (unpaired) electrons. The van der Waals surface area contributed by atoms with Crippen LogP contribution in [0.25, 0.3) is 0 Å². The Balaban J connectivity index is 2.97. The molecule has 0 bridgehead atoms. The summed E-state index contributed by atoms with van der Waals surface area (Å²) in [6.07, 6.45) is -0.949. The molecule has 0 spiro atoms. The Morgan fingerprint density at radius 1 is 1.44 bits per heavy atom. The normalized spacial score (nSPS) is 27.1. The molecule has 0 saturated heterocycles. The highest BCUT2D eigenvalue weighted by Crippen LogP contribution is 2.29. The molecule has 1 atom stereocenters. The lowest BCUT2D eigenvalue weighted by Crippen LogP contribution is -1.89. The smallest absolute Gasteiger partial charge is 0.174 e. The first-order valence-corrected chi connectivity index (χ1v) is 2.51. The highest BCUT2D eigenvalue weighted by molar-refractivity contribution is 5.37. The van der Waals surface area contributed by atoms with Crippen molar-refractivity contribution in [1.29, 1.82) is 0 Å². The van der Waals surface area contributed by atoms with Crippen LogP contribution in [0, 0.1) is 0 Å². The molecule has 0 aromatic carbocycles. The topological polar surface area (TPSA) is 0 Å². The lowest BCUT2D eigenvalue weighted by Gasteiger charge is -1.88. The van der Waals surface area contributed by atoms with E-state index in [2.05, 4.69) is 0 Å². The second kappa shape index (κ2) is 1.90. The summed E-state index contributed by atoms with van der Waals surface area (Å²) in [7, 11) is 0. The lowest BCUT2D eigenvalue weighted by atomic mass is 10.3. The third-order valence-corrected chi connectivity index (χ3v) is 1.19. The minimum Gasteiger partial charge on any atom is -0.235 e. The van der Waals surface area contributed by atoms with E-state index in [1.165, 1.54) is 6.92 Å². The van der Waals surface area contributed by atoms with Gasteiger partial charge in [-0.3, -0.25) is 0 Å². The molecule has 50 valence electrons. The van der Waals surface area contributed by atoms with Gasteiger partial charge in [0.2, 0.25) is 0 Å². The van der Waals surface area contributed by atoms with Gasteiger partial charge in [-0.15, -0.1) is 0 Å². The van der Waals surface area contributed by atoms with Gasteiger partial charge in [-0.05, 0) is 18.6 Å². The maximum absolute atomic E-state index is 12.2. The number of hydrogen-bond donors (Lipinski definition) is 0. The van der Waals surface area contributed by atoms with E-state index in [1.807, 2.05) is 0 Å². The zero-order chi connectivity index (χ0) is 7.02. The van der Waals surface area contributed by atoms with Crippen molar-refractivity contribution in [3.8, 4) is 0 Å². The summed E-state index contributed by atoms with van der Waals surface area (Å²) >= 11 is 0. The van der Waals surface area contributed by atoms with Crippen molar-refractivity contribution < 1.29 is 13.2 Å². The Morgan fingerprint density at radius 2 is 2.00 bits per heavy atom. The molecule has 0 amide bonds. The zero-order valence-corrected chi connectivity index (χ0v) is 4.79. The molecule has 0 nitrogen and oxygen atoms in total. The highest BCUT2D eigenvalue weighted by Gasteiger charge is 2.24. The van der Waals surface area contributed by atoms with Crippen molar-refractivity contribution in [1.82, 2.24) is 0 Å². The second-order valence-electron chi connectivity index (χ2n) is 1.91. The second-order valence-corrected chi connectivity index (χ2v) is 1.91. The monoisotopic (exact) mass is 134 g/mol. The molecule has 0 saturated carbocycles. The van der Waals surface area contributed by atoms with Gasteiger partial charge in [0.15, 0.2) is 17.8 Å². The van der Waals surface area contributed by atoms with Gasteiger partial charge in [-0.25, -0.2) is 13.2 Å². The van der Waals surface area contributed by atoms with E-state index in [9.17, 15) is 13.2 Å². The van der Waals surface area contributed by atoms with Crippen molar-refractivity contribution in [3.05, 3.63) is 23.3 Å². The average Bonchev–Trinajstić information content (AvgIpc) is 1.98. The Hall–Kier alpha value is -0.730. The Bertz CT molecular complexity index is 190. The molecule has 0 aliphatic heterocycles. The molecule has 0 heterocycles. The summed E-state index contributed by atoms with van der Waals surface area (Å²) in [5.41, 5.74) is 0.0417. The highest BCUT2D eigenvalue weighted by atomic mass is 19.2. The summed E-state index contributed by atoms with van der Waals surface area (Å²) in [4.78, 5) is 0. The van der Waals surface area contributed by atoms with Crippen LogP contribution in [-0.4, -0.2) is 6.17 Å². The van der Waals surface area contributed by atoms with E-state index in [0.717, 1.165) is 6.08 Å². The first-order chi connectivity index (χ1) is 4.13. The van der Waals surface area contributed by atoms with E-state index in [4.69, 9.17) is 0 Å². The Kier molecular flexibility index (Phi) is 1.35. The molecule has 1 aliphatic rings. The average molecular weight is 134 g/mol. The number of halogens is 3. The van der Waals surface area contributed by atoms with E-state index < -0.39 is 17.8 Å². The minimum absolute atomic E-state index is 0.0417. The molecule has 1 rings (SSSR count). The first-order valence-electron chi connectivity index (χ1n) is 2.51. The maximum Gasteiger partial charge on any atom is 0.174 e. The van der Waals surface area contributed by atoms with Crippen LogP contribution in [0.15, 0.2) is 23.3 Å². The van der Waals surface area contributed by atoms with Gasteiger partial charge in [0.25, 0.3) is 0 Å². The fourth-order valence-corrected chi connectivity index (χ4v) is 0.675. The van der Waals surface area contributed by atoms with Crippen molar-refractivity contribution in [2.24, 2.45) is 0 Å². The van der Waals surface area contributed by atoms with E-state index in [-0.39, 0.29) is 5.57 Å². The minimum atomic E-state index is -1.86. The molecule has 0 aromatic heterocycles. The van der Waals surface area contributed by atoms with Gasteiger partial charge in [0.05, 0.1) is 0 Å². The van der Waals surface area contributed by atoms with Crippen LogP contribution in [0.2, 0.25) is 0 Å². The standard InChI is InChI=1S/C6H5F3/c1-3-2-4(7)6(9)5(3)8/h2,4H,1H3. The first kappa shape index (κ1) is 6.39. The predicted octanol–water partition coefficient (Wildman–Crippen LogP) is 2.44. The number of hydrogen-bond acceptors (Lipinski definition) is 0. The van der Waals surface area contributed by atoms with E-state index in [0.29, 0.717) is 0 Å². The lowest BCUT2D eigenvalue weighted by molar-refractivity contribution is 0.376. The molecule has 9 heavy (non-hydrogen) atoms. The molecule has 1 unspecified atom stereocenters.